The fourth-order valence-electron chi connectivity index (χ4n) is 3.35. The molecule has 0 saturated carbocycles. The van der Waals surface area contributed by atoms with E-state index in [0.717, 1.165) is 37.9 Å². The van der Waals surface area contributed by atoms with Gasteiger partial charge in [-0.15, -0.1) is 5.10 Å². The summed E-state index contributed by atoms with van der Waals surface area (Å²) in [5.41, 5.74) is 3.51. The van der Waals surface area contributed by atoms with Crippen molar-refractivity contribution in [2.75, 3.05) is 12.4 Å². The maximum atomic E-state index is 12.5. The molecule has 2 heterocycles. The number of hydrogen-bond acceptors (Lipinski definition) is 6. The Kier molecular flexibility index (Phi) is 4.62. The van der Waals surface area contributed by atoms with Crippen molar-refractivity contribution in [1.82, 2.24) is 20.2 Å². The lowest BCUT2D eigenvalue weighted by molar-refractivity contribution is 0.0912. The molecule has 0 amide bonds. The van der Waals surface area contributed by atoms with E-state index in [1.807, 2.05) is 6.07 Å². The highest BCUT2D eigenvalue weighted by Gasteiger charge is 2.20. The van der Waals surface area contributed by atoms with Crippen LogP contribution in [-0.4, -0.2) is 44.5 Å². The van der Waals surface area contributed by atoms with Crippen LogP contribution in [0.3, 0.4) is 0 Å². The number of carbonyl (C=O) groups excluding carboxylic acids is 1. The van der Waals surface area contributed by atoms with Crippen LogP contribution in [0.5, 0.6) is 0 Å². The van der Waals surface area contributed by atoms with Gasteiger partial charge < -0.3 is 4.74 Å². The van der Waals surface area contributed by atoms with E-state index in [9.17, 15) is 4.79 Å². The van der Waals surface area contributed by atoms with Crippen LogP contribution in [0.15, 0.2) is 23.4 Å². The van der Waals surface area contributed by atoms with Gasteiger partial charge in [-0.05, 0) is 59.7 Å². The minimum Gasteiger partial charge on any atom is -0.376 e. The van der Waals surface area contributed by atoms with Gasteiger partial charge >= 0.3 is 0 Å². The van der Waals surface area contributed by atoms with Crippen molar-refractivity contribution in [3.63, 3.8) is 0 Å². The lowest BCUT2D eigenvalue weighted by atomic mass is 10.0. The minimum atomic E-state index is 0.126. The van der Waals surface area contributed by atoms with E-state index in [1.54, 1.807) is 4.68 Å². The van der Waals surface area contributed by atoms with Crippen molar-refractivity contribution in [3.8, 4) is 0 Å². The molecule has 0 unspecified atom stereocenters. The third kappa shape index (κ3) is 3.37. The molecule has 1 fully saturated rings. The Labute approximate surface area is 145 Å². The molecule has 4 rings (SSSR count). The molecule has 1 atom stereocenters. The Bertz CT molecular complexity index is 740. The van der Waals surface area contributed by atoms with E-state index in [2.05, 4.69) is 27.7 Å². The third-order valence-corrected chi connectivity index (χ3v) is 5.61. The summed E-state index contributed by atoms with van der Waals surface area (Å²) in [5.74, 6) is 0.478. The maximum Gasteiger partial charge on any atom is 0.209 e. The summed E-state index contributed by atoms with van der Waals surface area (Å²) in [6.45, 7) is 1.47. The van der Waals surface area contributed by atoms with Crippen molar-refractivity contribution in [3.05, 3.63) is 34.9 Å². The first kappa shape index (κ1) is 15.8. The van der Waals surface area contributed by atoms with Crippen LogP contribution in [0.2, 0.25) is 0 Å². The van der Waals surface area contributed by atoms with Crippen LogP contribution < -0.4 is 0 Å². The SMILES string of the molecule is O=C(CSc1nnnn1C[C@@H]1CCCO1)c1ccc2c(c1)CCC2. The van der Waals surface area contributed by atoms with Gasteiger partial charge in [0.25, 0.3) is 0 Å². The van der Waals surface area contributed by atoms with Crippen LogP contribution >= 0.6 is 11.8 Å². The fourth-order valence-corrected chi connectivity index (χ4v) is 4.14. The second-order valence-corrected chi connectivity index (χ2v) is 7.27. The molecule has 1 aromatic carbocycles. The van der Waals surface area contributed by atoms with Gasteiger partial charge in [-0.2, -0.15) is 0 Å². The lowest BCUT2D eigenvalue weighted by Crippen LogP contribution is -2.17. The predicted octanol–water partition coefficient (Wildman–Crippen LogP) is 2.32. The second kappa shape index (κ2) is 7.03. The van der Waals surface area contributed by atoms with Crippen LogP contribution in [0.4, 0.5) is 0 Å². The lowest BCUT2D eigenvalue weighted by Gasteiger charge is -2.10. The number of tetrazole rings is 1. The average molecular weight is 344 g/mol. The zero-order chi connectivity index (χ0) is 16.4. The van der Waals surface area contributed by atoms with Crippen molar-refractivity contribution >= 4 is 17.5 Å². The molecular weight excluding hydrogens is 324 g/mol. The van der Waals surface area contributed by atoms with E-state index in [-0.39, 0.29) is 11.9 Å². The van der Waals surface area contributed by atoms with Crippen molar-refractivity contribution < 1.29 is 9.53 Å². The second-order valence-electron chi connectivity index (χ2n) is 6.33. The standard InChI is InChI=1S/C17H20N4O2S/c22-16(14-7-6-12-3-1-4-13(12)9-14)11-24-17-18-19-20-21(17)10-15-5-2-8-23-15/h6-7,9,15H,1-5,8,10-11H2/t15-/m0/s1. The molecule has 7 heteroatoms. The average Bonchev–Trinajstić information content (AvgIpc) is 3.34. The molecule has 126 valence electrons. The van der Waals surface area contributed by atoms with Crippen LogP contribution in [0.25, 0.3) is 0 Å². The van der Waals surface area contributed by atoms with E-state index >= 15 is 0 Å². The van der Waals surface area contributed by atoms with Crippen LogP contribution in [0, 0.1) is 0 Å². The van der Waals surface area contributed by atoms with Crippen molar-refractivity contribution in [1.29, 1.82) is 0 Å². The largest absolute Gasteiger partial charge is 0.376 e. The molecule has 0 N–H and O–H groups in total. The van der Waals surface area contributed by atoms with Gasteiger partial charge in [-0.1, -0.05) is 23.9 Å². The first-order chi connectivity index (χ1) is 11.8. The Morgan fingerprint density at radius 2 is 2.21 bits per heavy atom. The van der Waals surface area contributed by atoms with Gasteiger partial charge in [0.05, 0.1) is 18.4 Å². The molecule has 1 aliphatic heterocycles. The number of benzene rings is 1. The molecule has 2 aliphatic rings. The summed E-state index contributed by atoms with van der Waals surface area (Å²) >= 11 is 1.40. The third-order valence-electron chi connectivity index (χ3n) is 4.65. The van der Waals surface area contributed by atoms with Gasteiger partial charge in [-0.3, -0.25) is 4.79 Å². The fraction of sp³-hybridized carbons (Fsp3) is 0.529. The maximum absolute atomic E-state index is 12.5. The Balaban J connectivity index is 1.38. The number of fused-ring (bicyclic) bond motifs is 1. The summed E-state index contributed by atoms with van der Waals surface area (Å²) < 4.78 is 7.37. The molecule has 1 aromatic heterocycles. The Morgan fingerprint density at radius 3 is 3.08 bits per heavy atom. The number of hydrogen-bond donors (Lipinski definition) is 0. The summed E-state index contributed by atoms with van der Waals surface area (Å²) in [4.78, 5) is 12.5. The normalized spacial score (nSPS) is 19.6. The van der Waals surface area contributed by atoms with Crippen LogP contribution in [-0.2, 0) is 24.1 Å². The number of carbonyl (C=O) groups is 1. The first-order valence-corrected chi connectivity index (χ1v) is 9.44. The molecule has 2 aromatic rings. The summed E-state index contributed by atoms with van der Waals surface area (Å²) in [5, 5.41) is 12.5. The molecule has 0 spiro atoms. The molecule has 0 radical (unpaired) electrons. The molecule has 0 bridgehead atoms. The van der Waals surface area contributed by atoms with Gasteiger partial charge in [0.1, 0.15) is 0 Å². The molecular formula is C17H20N4O2S. The molecule has 6 nitrogen and oxygen atoms in total. The minimum absolute atomic E-state index is 0.126. The molecule has 1 saturated heterocycles. The van der Waals surface area contributed by atoms with E-state index in [1.165, 1.54) is 29.3 Å². The number of aryl methyl sites for hydroxylation is 2. The Hall–Kier alpha value is -1.73. The highest BCUT2D eigenvalue weighted by atomic mass is 32.2. The molecule has 24 heavy (non-hydrogen) atoms. The van der Waals surface area contributed by atoms with E-state index < -0.39 is 0 Å². The molecule has 1 aliphatic carbocycles. The Morgan fingerprint density at radius 1 is 1.29 bits per heavy atom. The first-order valence-electron chi connectivity index (χ1n) is 8.45. The zero-order valence-electron chi connectivity index (χ0n) is 13.5. The van der Waals surface area contributed by atoms with Crippen LogP contribution in [0.1, 0.15) is 40.7 Å². The van der Waals surface area contributed by atoms with Gasteiger partial charge in [0.2, 0.25) is 5.16 Å². The highest BCUT2D eigenvalue weighted by Crippen LogP contribution is 2.24. The predicted molar refractivity (Wildman–Crippen MR) is 90.3 cm³/mol. The monoisotopic (exact) mass is 344 g/mol. The number of nitrogens with zero attached hydrogens (tertiary/aromatic N) is 4. The smallest absolute Gasteiger partial charge is 0.209 e. The zero-order valence-corrected chi connectivity index (χ0v) is 14.3. The van der Waals surface area contributed by atoms with Gasteiger partial charge in [0.15, 0.2) is 5.78 Å². The van der Waals surface area contributed by atoms with E-state index in [0.29, 0.717) is 17.5 Å². The van der Waals surface area contributed by atoms with Gasteiger partial charge in [-0.25, -0.2) is 4.68 Å². The number of ketones is 1. The summed E-state index contributed by atoms with van der Waals surface area (Å²) in [7, 11) is 0. The van der Waals surface area contributed by atoms with E-state index in [4.69, 9.17) is 4.74 Å². The number of thioether (sulfide) groups is 1. The number of aromatic nitrogens is 4. The highest BCUT2D eigenvalue weighted by molar-refractivity contribution is 7.99. The number of Topliss-reactive ketones (excluding diaryl/α,β-unsaturated/α-hetero) is 1. The quantitative estimate of drug-likeness (QED) is 0.592. The number of rotatable bonds is 6. The summed E-state index contributed by atoms with van der Waals surface area (Å²) in [6, 6.07) is 6.10. The van der Waals surface area contributed by atoms with Gasteiger partial charge in [0, 0.05) is 12.2 Å². The van der Waals surface area contributed by atoms with Crippen molar-refractivity contribution in [2.24, 2.45) is 0 Å². The topological polar surface area (TPSA) is 69.9 Å². The summed E-state index contributed by atoms with van der Waals surface area (Å²) in [6.07, 6.45) is 5.73. The van der Waals surface area contributed by atoms with Crippen molar-refractivity contribution in [2.45, 2.75) is 49.9 Å². The number of ether oxygens (including phenoxy) is 1.